The molecular formula is C17H26O5. The van der Waals surface area contributed by atoms with Gasteiger partial charge in [-0.15, -0.1) is 0 Å². The quantitative estimate of drug-likeness (QED) is 0.672. The topological polar surface area (TPSA) is 65.0 Å². The zero-order valence-corrected chi connectivity index (χ0v) is 13.8. The number of rotatable bonds is 10. The Morgan fingerprint density at radius 2 is 1.91 bits per heavy atom. The molecule has 0 aliphatic carbocycles. The van der Waals surface area contributed by atoms with Gasteiger partial charge in [0.15, 0.2) is 11.5 Å². The number of aliphatic carboxylic acids is 1. The fraction of sp³-hybridized carbons (Fsp3) is 0.588. The molecule has 0 radical (unpaired) electrons. The molecule has 0 spiro atoms. The van der Waals surface area contributed by atoms with Crippen LogP contribution in [0, 0.1) is 5.92 Å². The number of benzene rings is 1. The maximum Gasteiger partial charge on any atom is 0.303 e. The van der Waals surface area contributed by atoms with Crippen LogP contribution < -0.4 is 9.47 Å². The fourth-order valence-corrected chi connectivity index (χ4v) is 2.35. The van der Waals surface area contributed by atoms with E-state index in [2.05, 4.69) is 0 Å². The van der Waals surface area contributed by atoms with Gasteiger partial charge < -0.3 is 19.3 Å². The van der Waals surface area contributed by atoms with E-state index in [4.69, 9.17) is 19.3 Å². The number of carboxylic acids is 1. The molecule has 0 aromatic heterocycles. The van der Waals surface area contributed by atoms with E-state index in [-0.39, 0.29) is 18.3 Å². The second-order valence-corrected chi connectivity index (χ2v) is 5.55. The fourth-order valence-electron chi connectivity index (χ4n) is 2.35. The Morgan fingerprint density at radius 1 is 1.18 bits per heavy atom. The third kappa shape index (κ3) is 5.56. The van der Waals surface area contributed by atoms with Crippen LogP contribution in [0.25, 0.3) is 0 Å². The lowest BCUT2D eigenvalue weighted by Crippen LogP contribution is -2.12. The summed E-state index contributed by atoms with van der Waals surface area (Å²) in [5, 5.41) is 9.09. The summed E-state index contributed by atoms with van der Waals surface area (Å²) < 4.78 is 16.1. The third-order valence-electron chi connectivity index (χ3n) is 3.57. The van der Waals surface area contributed by atoms with Crippen molar-refractivity contribution in [2.24, 2.45) is 5.92 Å². The van der Waals surface area contributed by atoms with Gasteiger partial charge in [-0.05, 0) is 29.5 Å². The lowest BCUT2D eigenvalue weighted by atomic mass is 9.85. The molecule has 0 saturated heterocycles. The summed E-state index contributed by atoms with van der Waals surface area (Å²) in [5.74, 6) is 0.679. The lowest BCUT2D eigenvalue weighted by Gasteiger charge is -2.21. The summed E-state index contributed by atoms with van der Waals surface area (Å²) in [4.78, 5) is 11.1. The summed E-state index contributed by atoms with van der Waals surface area (Å²) in [5.41, 5.74) is 0.958. The van der Waals surface area contributed by atoms with Crippen LogP contribution in [0.5, 0.6) is 11.5 Å². The minimum absolute atomic E-state index is 0.0512. The van der Waals surface area contributed by atoms with Crippen molar-refractivity contribution in [1.82, 2.24) is 0 Å². The van der Waals surface area contributed by atoms with Gasteiger partial charge in [-0.25, -0.2) is 0 Å². The molecule has 1 rings (SSSR count). The highest BCUT2D eigenvalue weighted by Gasteiger charge is 2.21. The van der Waals surface area contributed by atoms with Crippen molar-refractivity contribution in [1.29, 1.82) is 0 Å². The van der Waals surface area contributed by atoms with Crippen molar-refractivity contribution in [2.45, 2.75) is 32.6 Å². The van der Waals surface area contributed by atoms with Gasteiger partial charge in [0.25, 0.3) is 0 Å². The van der Waals surface area contributed by atoms with E-state index in [1.54, 1.807) is 14.2 Å². The van der Waals surface area contributed by atoms with E-state index < -0.39 is 5.97 Å². The van der Waals surface area contributed by atoms with Gasteiger partial charge in [0.2, 0.25) is 0 Å². The Bertz CT molecular complexity index is 470. The molecule has 5 heteroatoms. The van der Waals surface area contributed by atoms with Crippen molar-refractivity contribution in [3.8, 4) is 11.5 Å². The first-order valence-corrected chi connectivity index (χ1v) is 7.51. The predicted octanol–water partition coefficient (Wildman–Crippen LogP) is 3.32. The highest BCUT2D eigenvalue weighted by molar-refractivity contribution is 5.68. The first kappa shape index (κ1) is 18.3. The zero-order chi connectivity index (χ0) is 16.5. The number of carboxylic acid groups (broad SMARTS) is 1. The third-order valence-corrected chi connectivity index (χ3v) is 3.57. The number of methoxy groups -OCH3 is 2. The number of hydrogen-bond acceptors (Lipinski definition) is 4. The molecule has 0 heterocycles. The van der Waals surface area contributed by atoms with Gasteiger partial charge in [-0.2, -0.15) is 0 Å². The molecule has 0 saturated carbocycles. The summed E-state index contributed by atoms with van der Waals surface area (Å²) >= 11 is 0. The van der Waals surface area contributed by atoms with Crippen LogP contribution >= 0.6 is 0 Å². The van der Waals surface area contributed by atoms with Crippen LogP contribution in [-0.2, 0) is 9.53 Å². The van der Waals surface area contributed by atoms with Gasteiger partial charge >= 0.3 is 5.97 Å². The second-order valence-electron chi connectivity index (χ2n) is 5.55. The minimum Gasteiger partial charge on any atom is -0.493 e. The number of hydrogen-bond donors (Lipinski definition) is 1. The first-order valence-electron chi connectivity index (χ1n) is 7.51. The summed E-state index contributed by atoms with van der Waals surface area (Å²) in [6.45, 7) is 5.21. The largest absolute Gasteiger partial charge is 0.493 e. The molecule has 0 unspecified atom stereocenters. The van der Waals surface area contributed by atoms with Gasteiger partial charge in [0.05, 0.1) is 20.1 Å². The smallest absolute Gasteiger partial charge is 0.303 e. The van der Waals surface area contributed by atoms with Gasteiger partial charge in [-0.3, -0.25) is 4.79 Å². The maximum absolute atomic E-state index is 11.1. The Balaban J connectivity index is 2.93. The molecule has 124 valence electrons. The van der Waals surface area contributed by atoms with Crippen LogP contribution in [0.1, 0.15) is 38.2 Å². The second kappa shape index (κ2) is 9.30. The molecule has 0 aliphatic heterocycles. The Hall–Kier alpha value is -1.75. The van der Waals surface area contributed by atoms with E-state index >= 15 is 0 Å². The zero-order valence-electron chi connectivity index (χ0n) is 13.8. The van der Waals surface area contributed by atoms with E-state index in [9.17, 15) is 4.79 Å². The standard InChI is InChI=1S/C17H26O5/c1-12(2)14(11-17(18)19)13-6-7-15(21-4)16(10-13)22-9-5-8-20-3/h6-7,10,12,14H,5,8-9,11H2,1-4H3,(H,18,19)/t14-/m1/s1. The van der Waals surface area contributed by atoms with Crippen molar-refractivity contribution in [2.75, 3.05) is 27.4 Å². The molecule has 1 aromatic rings. The molecule has 0 fully saturated rings. The molecule has 1 N–H and O–H groups in total. The average Bonchev–Trinajstić information content (AvgIpc) is 2.48. The molecule has 0 amide bonds. The molecule has 1 atom stereocenters. The summed E-state index contributed by atoms with van der Waals surface area (Å²) in [7, 11) is 3.24. The average molecular weight is 310 g/mol. The Kier molecular flexibility index (Phi) is 7.74. The normalized spacial score (nSPS) is 12.2. The van der Waals surface area contributed by atoms with Crippen LogP contribution in [-0.4, -0.2) is 38.5 Å². The summed E-state index contributed by atoms with van der Waals surface area (Å²) in [6, 6.07) is 5.63. The SMILES string of the molecule is COCCCOc1cc([C@H](CC(=O)O)C(C)C)ccc1OC. The van der Waals surface area contributed by atoms with Gasteiger partial charge in [-0.1, -0.05) is 19.9 Å². The molecule has 22 heavy (non-hydrogen) atoms. The van der Waals surface area contributed by atoms with Crippen LogP contribution in [0.15, 0.2) is 18.2 Å². The molecule has 0 aliphatic rings. The van der Waals surface area contributed by atoms with Crippen LogP contribution in [0.3, 0.4) is 0 Å². The first-order chi connectivity index (χ1) is 10.5. The highest BCUT2D eigenvalue weighted by Crippen LogP contribution is 2.35. The molecule has 5 nitrogen and oxygen atoms in total. The lowest BCUT2D eigenvalue weighted by molar-refractivity contribution is -0.137. The van der Waals surface area contributed by atoms with E-state index in [0.29, 0.717) is 24.7 Å². The monoisotopic (exact) mass is 310 g/mol. The molecular weight excluding hydrogens is 284 g/mol. The summed E-state index contributed by atoms with van der Waals surface area (Å²) in [6.07, 6.45) is 0.889. The Labute approximate surface area is 132 Å². The number of ether oxygens (including phenoxy) is 3. The van der Waals surface area contributed by atoms with Gasteiger partial charge in [0, 0.05) is 20.1 Å². The minimum atomic E-state index is -0.794. The molecule has 0 bridgehead atoms. The maximum atomic E-state index is 11.1. The van der Waals surface area contributed by atoms with Crippen LogP contribution in [0.4, 0.5) is 0 Å². The van der Waals surface area contributed by atoms with E-state index in [0.717, 1.165) is 12.0 Å². The number of carbonyl (C=O) groups is 1. The van der Waals surface area contributed by atoms with E-state index in [1.807, 2.05) is 32.0 Å². The van der Waals surface area contributed by atoms with Gasteiger partial charge in [0.1, 0.15) is 0 Å². The van der Waals surface area contributed by atoms with Crippen LogP contribution in [0.2, 0.25) is 0 Å². The van der Waals surface area contributed by atoms with E-state index in [1.165, 1.54) is 0 Å². The van der Waals surface area contributed by atoms with Crippen molar-refractivity contribution in [3.63, 3.8) is 0 Å². The molecule has 1 aromatic carbocycles. The van der Waals surface area contributed by atoms with Crippen molar-refractivity contribution >= 4 is 5.97 Å². The Morgan fingerprint density at radius 3 is 2.45 bits per heavy atom. The van der Waals surface area contributed by atoms with Crippen molar-refractivity contribution in [3.05, 3.63) is 23.8 Å². The predicted molar refractivity (Wildman–Crippen MR) is 84.8 cm³/mol. The van der Waals surface area contributed by atoms with Crippen molar-refractivity contribution < 1.29 is 24.1 Å². The highest BCUT2D eigenvalue weighted by atomic mass is 16.5.